The van der Waals surface area contributed by atoms with Crippen LogP contribution in [0.3, 0.4) is 0 Å². The van der Waals surface area contributed by atoms with Crippen molar-refractivity contribution in [3.8, 4) is 0 Å². The van der Waals surface area contributed by atoms with E-state index in [1.165, 1.54) is 0 Å². The van der Waals surface area contributed by atoms with Gasteiger partial charge in [0.25, 0.3) is 0 Å². The molecule has 0 aromatic carbocycles. The molecule has 0 amide bonds. The van der Waals surface area contributed by atoms with E-state index in [9.17, 15) is 0 Å². The Morgan fingerprint density at radius 2 is 2.39 bits per heavy atom. The van der Waals surface area contributed by atoms with Gasteiger partial charge >= 0.3 is 0 Å². The Balaban J connectivity index is 1.92. The summed E-state index contributed by atoms with van der Waals surface area (Å²) in [6.45, 7) is 2.12. The fraction of sp³-hybridized carbons (Fsp3) is 0.538. The molecule has 0 spiro atoms. The van der Waals surface area contributed by atoms with Crippen molar-refractivity contribution in [2.75, 3.05) is 5.32 Å². The van der Waals surface area contributed by atoms with Crippen molar-refractivity contribution in [3.05, 3.63) is 24.0 Å². The number of nitrogens with two attached hydrogens (primary N) is 1. The molecule has 0 saturated heterocycles. The van der Waals surface area contributed by atoms with Crippen LogP contribution in [0.5, 0.6) is 0 Å². The standard InChI is InChI=1S/C13H19N5/c1-2-10-8-13(17-11-4-3-9(14)7-11)18-12(16-10)5-6-15-18/h5-6,8-9,11,17H,2-4,7,14H2,1H3/t9-,11-/m1/s1. The number of fused-ring (bicyclic) bond motifs is 1. The fourth-order valence-corrected chi connectivity index (χ4v) is 2.61. The minimum absolute atomic E-state index is 0.336. The number of aromatic nitrogens is 3. The van der Waals surface area contributed by atoms with Crippen LogP contribution in [-0.2, 0) is 6.42 Å². The smallest absolute Gasteiger partial charge is 0.157 e. The first-order valence-corrected chi connectivity index (χ1v) is 6.62. The van der Waals surface area contributed by atoms with Gasteiger partial charge in [0.05, 0.1) is 6.20 Å². The van der Waals surface area contributed by atoms with Crippen molar-refractivity contribution in [1.82, 2.24) is 14.6 Å². The molecule has 1 aliphatic rings. The maximum atomic E-state index is 5.95. The number of rotatable bonds is 3. The number of aryl methyl sites for hydroxylation is 1. The van der Waals surface area contributed by atoms with Crippen LogP contribution in [0.25, 0.3) is 5.65 Å². The molecular formula is C13H19N5. The Morgan fingerprint density at radius 1 is 1.50 bits per heavy atom. The number of anilines is 1. The van der Waals surface area contributed by atoms with Gasteiger partial charge in [0.2, 0.25) is 0 Å². The van der Waals surface area contributed by atoms with E-state index >= 15 is 0 Å². The topological polar surface area (TPSA) is 68.2 Å². The van der Waals surface area contributed by atoms with Crippen molar-refractivity contribution in [3.63, 3.8) is 0 Å². The van der Waals surface area contributed by atoms with Gasteiger partial charge in [-0.05, 0) is 25.7 Å². The van der Waals surface area contributed by atoms with Crippen LogP contribution >= 0.6 is 0 Å². The van der Waals surface area contributed by atoms with Gasteiger partial charge < -0.3 is 11.1 Å². The minimum Gasteiger partial charge on any atom is -0.367 e. The van der Waals surface area contributed by atoms with Crippen LogP contribution in [0.15, 0.2) is 18.3 Å². The van der Waals surface area contributed by atoms with Crippen molar-refractivity contribution < 1.29 is 0 Å². The van der Waals surface area contributed by atoms with Gasteiger partial charge in [-0.25, -0.2) is 4.98 Å². The number of nitrogens with zero attached hydrogens (tertiary/aromatic N) is 3. The molecule has 0 aliphatic heterocycles. The molecule has 5 nitrogen and oxygen atoms in total. The monoisotopic (exact) mass is 245 g/mol. The zero-order valence-electron chi connectivity index (χ0n) is 10.6. The molecule has 18 heavy (non-hydrogen) atoms. The highest BCUT2D eigenvalue weighted by molar-refractivity contribution is 5.49. The molecule has 3 N–H and O–H groups in total. The summed E-state index contributed by atoms with van der Waals surface area (Å²) >= 11 is 0. The predicted octanol–water partition coefficient (Wildman–Crippen LogP) is 1.58. The Kier molecular flexibility index (Phi) is 2.91. The summed E-state index contributed by atoms with van der Waals surface area (Å²) in [7, 11) is 0. The lowest BCUT2D eigenvalue weighted by molar-refractivity contribution is 0.684. The highest BCUT2D eigenvalue weighted by Gasteiger charge is 2.22. The highest BCUT2D eigenvalue weighted by atomic mass is 15.3. The third-order valence-corrected chi connectivity index (χ3v) is 3.60. The first-order valence-electron chi connectivity index (χ1n) is 6.62. The van der Waals surface area contributed by atoms with Crippen molar-refractivity contribution in [1.29, 1.82) is 0 Å². The minimum atomic E-state index is 0.336. The first kappa shape index (κ1) is 11.5. The lowest BCUT2D eigenvalue weighted by Gasteiger charge is -2.15. The van der Waals surface area contributed by atoms with Gasteiger partial charge in [-0.15, -0.1) is 0 Å². The Bertz CT molecular complexity index is 547. The lowest BCUT2D eigenvalue weighted by atomic mass is 10.2. The largest absolute Gasteiger partial charge is 0.367 e. The van der Waals surface area contributed by atoms with Gasteiger partial charge in [-0.1, -0.05) is 6.92 Å². The van der Waals surface area contributed by atoms with Crippen molar-refractivity contribution >= 4 is 11.5 Å². The second-order valence-corrected chi connectivity index (χ2v) is 5.00. The summed E-state index contributed by atoms with van der Waals surface area (Å²) in [5, 5.41) is 7.87. The van der Waals surface area contributed by atoms with Gasteiger partial charge in [-0.2, -0.15) is 9.61 Å². The average Bonchev–Trinajstić information content (AvgIpc) is 2.98. The quantitative estimate of drug-likeness (QED) is 0.861. The van der Waals surface area contributed by atoms with E-state index in [-0.39, 0.29) is 0 Å². The molecule has 96 valence electrons. The van der Waals surface area contributed by atoms with E-state index in [2.05, 4.69) is 28.4 Å². The van der Waals surface area contributed by atoms with E-state index in [0.717, 1.165) is 42.8 Å². The molecule has 2 aromatic heterocycles. The van der Waals surface area contributed by atoms with Crippen LogP contribution in [0.1, 0.15) is 31.9 Å². The molecule has 2 heterocycles. The van der Waals surface area contributed by atoms with Crippen LogP contribution in [0, 0.1) is 0 Å². The van der Waals surface area contributed by atoms with E-state index in [1.54, 1.807) is 6.20 Å². The van der Waals surface area contributed by atoms with Crippen LogP contribution < -0.4 is 11.1 Å². The maximum absolute atomic E-state index is 5.95. The van der Waals surface area contributed by atoms with E-state index in [1.807, 2.05) is 10.6 Å². The molecule has 1 fully saturated rings. The summed E-state index contributed by atoms with van der Waals surface area (Å²) in [6, 6.07) is 4.82. The van der Waals surface area contributed by atoms with E-state index in [0.29, 0.717) is 12.1 Å². The summed E-state index contributed by atoms with van der Waals surface area (Å²) < 4.78 is 1.86. The zero-order valence-corrected chi connectivity index (χ0v) is 10.6. The maximum Gasteiger partial charge on any atom is 0.157 e. The van der Waals surface area contributed by atoms with Gasteiger partial charge in [-0.3, -0.25) is 0 Å². The zero-order chi connectivity index (χ0) is 12.5. The molecule has 3 rings (SSSR count). The normalized spacial score (nSPS) is 23.7. The SMILES string of the molecule is CCc1cc(N[C@@H]2CC[C@@H](N)C2)n2nccc2n1. The summed E-state index contributed by atoms with van der Waals surface area (Å²) in [5.41, 5.74) is 7.95. The third kappa shape index (κ3) is 2.06. The van der Waals surface area contributed by atoms with Crippen LogP contribution in [0.2, 0.25) is 0 Å². The summed E-state index contributed by atoms with van der Waals surface area (Å²) in [5.74, 6) is 1.03. The van der Waals surface area contributed by atoms with Gasteiger partial charge in [0.15, 0.2) is 5.65 Å². The summed E-state index contributed by atoms with van der Waals surface area (Å²) in [4.78, 5) is 4.54. The fourth-order valence-electron chi connectivity index (χ4n) is 2.61. The Labute approximate surface area is 106 Å². The first-order chi connectivity index (χ1) is 8.76. The number of nitrogens with one attached hydrogen (secondary N) is 1. The second-order valence-electron chi connectivity index (χ2n) is 5.00. The molecule has 0 radical (unpaired) electrons. The second kappa shape index (κ2) is 4.57. The molecule has 0 unspecified atom stereocenters. The Hall–Kier alpha value is -1.62. The molecule has 0 bridgehead atoms. The molecule has 1 saturated carbocycles. The summed E-state index contributed by atoms with van der Waals surface area (Å²) in [6.07, 6.45) is 5.99. The molecule has 2 aromatic rings. The average molecular weight is 245 g/mol. The predicted molar refractivity (Wildman–Crippen MR) is 71.6 cm³/mol. The van der Waals surface area contributed by atoms with E-state index in [4.69, 9.17) is 5.73 Å². The number of hydrogen-bond acceptors (Lipinski definition) is 4. The van der Waals surface area contributed by atoms with Crippen molar-refractivity contribution in [2.45, 2.75) is 44.7 Å². The molecule has 5 heteroatoms. The van der Waals surface area contributed by atoms with Gasteiger partial charge in [0.1, 0.15) is 5.82 Å². The third-order valence-electron chi connectivity index (χ3n) is 3.60. The van der Waals surface area contributed by atoms with Crippen molar-refractivity contribution in [2.24, 2.45) is 5.73 Å². The molecular weight excluding hydrogens is 226 g/mol. The Morgan fingerprint density at radius 3 is 3.11 bits per heavy atom. The number of hydrogen-bond donors (Lipinski definition) is 2. The molecule has 1 aliphatic carbocycles. The van der Waals surface area contributed by atoms with E-state index < -0.39 is 0 Å². The lowest BCUT2D eigenvalue weighted by Crippen LogP contribution is -2.22. The van der Waals surface area contributed by atoms with Crippen LogP contribution in [-0.4, -0.2) is 26.7 Å². The molecule has 2 atom stereocenters. The van der Waals surface area contributed by atoms with Gasteiger partial charge in [0, 0.05) is 29.9 Å². The highest BCUT2D eigenvalue weighted by Crippen LogP contribution is 2.22. The van der Waals surface area contributed by atoms with Crippen LogP contribution in [0.4, 0.5) is 5.82 Å².